The standard InChI is InChI=1S/C21H23N3O6S/c25-18(26)10-16(20(28)29)24-12-17(31-21(24)30-14-4-2-1-3-5-14)19(27)22-15-11-23-8-6-13(15)7-9-23/h1-5,10,12-13,15,21H,6-9,11H2,(H,22,27)(H,25,26)(H,28,29)/b16-10+/t15-,21?/m0/s1. The summed E-state index contributed by atoms with van der Waals surface area (Å²) in [5, 5.41) is 21.7. The molecule has 9 nitrogen and oxygen atoms in total. The zero-order valence-corrected chi connectivity index (χ0v) is 17.5. The molecule has 3 saturated heterocycles. The number of amides is 1. The number of carboxylic acids is 2. The van der Waals surface area contributed by atoms with Crippen LogP contribution < -0.4 is 10.1 Å². The lowest BCUT2D eigenvalue weighted by atomic mass is 9.84. The molecule has 2 bridgehead atoms. The first-order chi connectivity index (χ1) is 14.9. The van der Waals surface area contributed by atoms with E-state index in [1.54, 1.807) is 24.3 Å². The van der Waals surface area contributed by atoms with Crippen molar-refractivity contribution in [2.75, 3.05) is 19.6 Å². The molecule has 3 fully saturated rings. The van der Waals surface area contributed by atoms with Gasteiger partial charge in [-0.05, 0) is 44.0 Å². The number of carbonyl (C=O) groups is 3. The van der Waals surface area contributed by atoms with Crippen molar-refractivity contribution in [1.82, 2.24) is 15.1 Å². The molecule has 0 radical (unpaired) electrons. The van der Waals surface area contributed by atoms with Crippen molar-refractivity contribution in [2.24, 2.45) is 5.92 Å². The Balaban J connectivity index is 1.55. The molecule has 0 saturated carbocycles. The van der Waals surface area contributed by atoms with Crippen molar-refractivity contribution in [3.63, 3.8) is 0 Å². The van der Waals surface area contributed by atoms with Crippen molar-refractivity contribution in [3.05, 3.63) is 53.2 Å². The third-order valence-corrected chi connectivity index (χ3v) is 6.72. The minimum Gasteiger partial charge on any atom is -0.478 e. The Morgan fingerprint density at radius 3 is 2.42 bits per heavy atom. The molecule has 0 aliphatic carbocycles. The first kappa shape index (κ1) is 21.3. The summed E-state index contributed by atoms with van der Waals surface area (Å²) in [4.78, 5) is 39.6. The van der Waals surface area contributed by atoms with Crippen LogP contribution in [0.3, 0.4) is 0 Å². The van der Waals surface area contributed by atoms with Crippen LogP contribution in [0.4, 0.5) is 0 Å². The Morgan fingerprint density at radius 1 is 1.13 bits per heavy atom. The van der Waals surface area contributed by atoms with Crippen LogP contribution in [0.5, 0.6) is 5.75 Å². The normalized spacial score (nSPS) is 27.5. The topological polar surface area (TPSA) is 119 Å². The molecular weight excluding hydrogens is 422 g/mol. The number of hydrogen-bond acceptors (Lipinski definition) is 7. The number of carboxylic acid groups (broad SMARTS) is 2. The molecule has 0 aromatic heterocycles. The zero-order chi connectivity index (χ0) is 22.0. The molecule has 5 rings (SSSR count). The van der Waals surface area contributed by atoms with Crippen LogP contribution in [0.25, 0.3) is 0 Å². The molecule has 0 spiro atoms. The number of nitrogens with zero attached hydrogens (tertiary/aromatic N) is 2. The third kappa shape index (κ3) is 4.86. The number of fused-ring (bicyclic) bond motifs is 3. The van der Waals surface area contributed by atoms with Gasteiger partial charge in [0.05, 0.1) is 11.0 Å². The number of carbonyl (C=O) groups excluding carboxylic acids is 1. The van der Waals surface area contributed by atoms with E-state index in [4.69, 9.17) is 9.84 Å². The van der Waals surface area contributed by atoms with E-state index < -0.39 is 23.2 Å². The number of rotatable bonds is 7. The molecule has 1 amide bonds. The fraction of sp³-hybridized carbons (Fsp3) is 0.381. The average Bonchev–Trinajstić information content (AvgIpc) is 3.17. The van der Waals surface area contributed by atoms with Crippen LogP contribution in [0, 0.1) is 5.92 Å². The molecule has 10 heteroatoms. The molecule has 4 heterocycles. The second-order valence-corrected chi connectivity index (χ2v) is 8.73. The van der Waals surface area contributed by atoms with Crippen LogP contribution in [-0.2, 0) is 14.4 Å². The SMILES string of the molecule is O=C(O)/C=C(\C(=O)O)N1C=C(C(=O)N[C@H]2CN3CCC2CC3)SC1Oc1ccccc1. The summed E-state index contributed by atoms with van der Waals surface area (Å²) in [6, 6.07) is 8.78. The molecule has 2 atom stereocenters. The Morgan fingerprint density at radius 2 is 1.84 bits per heavy atom. The molecule has 1 aromatic carbocycles. The van der Waals surface area contributed by atoms with Gasteiger partial charge in [-0.2, -0.15) is 0 Å². The van der Waals surface area contributed by atoms with E-state index >= 15 is 0 Å². The number of aliphatic carboxylic acids is 2. The Bertz CT molecular complexity index is 926. The van der Waals surface area contributed by atoms with Crippen molar-refractivity contribution >= 4 is 29.6 Å². The van der Waals surface area contributed by atoms with E-state index in [9.17, 15) is 19.5 Å². The minimum absolute atomic E-state index is 0.0487. The van der Waals surface area contributed by atoms with Gasteiger partial charge in [0.1, 0.15) is 11.4 Å². The number of hydrogen-bond donors (Lipinski definition) is 3. The summed E-state index contributed by atoms with van der Waals surface area (Å²) in [7, 11) is 0. The average molecular weight is 445 g/mol. The Hall–Kier alpha value is -2.98. The number of piperidine rings is 3. The van der Waals surface area contributed by atoms with Crippen molar-refractivity contribution in [1.29, 1.82) is 0 Å². The highest BCUT2D eigenvalue weighted by Crippen LogP contribution is 2.37. The number of thioether (sulfide) groups is 1. The van der Waals surface area contributed by atoms with Gasteiger partial charge in [-0.3, -0.25) is 9.69 Å². The number of ether oxygens (including phenoxy) is 1. The Kier molecular flexibility index (Phi) is 6.19. The van der Waals surface area contributed by atoms with Gasteiger partial charge >= 0.3 is 11.9 Å². The number of benzene rings is 1. The largest absolute Gasteiger partial charge is 0.478 e. The lowest BCUT2D eigenvalue weighted by molar-refractivity contribution is -0.136. The number of nitrogens with one attached hydrogen (secondary N) is 1. The fourth-order valence-electron chi connectivity index (χ4n) is 4.11. The highest BCUT2D eigenvalue weighted by atomic mass is 32.2. The van der Waals surface area contributed by atoms with E-state index in [0.717, 1.165) is 44.2 Å². The Labute approximate surface area is 183 Å². The van der Waals surface area contributed by atoms with E-state index in [2.05, 4.69) is 10.2 Å². The van der Waals surface area contributed by atoms with Crippen molar-refractivity contribution < 1.29 is 29.3 Å². The summed E-state index contributed by atoms with van der Waals surface area (Å²) in [6.07, 6.45) is 4.04. The second kappa shape index (κ2) is 9.03. The molecular formula is C21H23N3O6S. The van der Waals surface area contributed by atoms with Crippen LogP contribution >= 0.6 is 11.8 Å². The van der Waals surface area contributed by atoms with Crippen LogP contribution in [-0.4, -0.2) is 69.1 Å². The molecule has 4 aliphatic rings. The monoisotopic (exact) mass is 445 g/mol. The van der Waals surface area contributed by atoms with Crippen LogP contribution in [0.2, 0.25) is 0 Å². The predicted octanol–water partition coefficient (Wildman–Crippen LogP) is 1.50. The van der Waals surface area contributed by atoms with E-state index in [-0.39, 0.29) is 16.9 Å². The predicted molar refractivity (Wildman–Crippen MR) is 113 cm³/mol. The van der Waals surface area contributed by atoms with Gasteiger partial charge in [0.2, 0.25) is 5.56 Å². The van der Waals surface area contributed by atoms with Gasteiger partial charge in [0.15, 0.2) is 0 Å². The fourth-order valence-corrected chi connectivity index (χ4v) is 5.11. The lowest BCUT2D eigenvalue weighted by Crippen LogP contribution is -2.57. The maximum Gasteiger partial charge on any atom is 0.352 e. The quantitative estimate of drug-likeness (QED) is 0.537. The zero-order valence-electron chi connectivity index (χ0n) is 16.6. The first-order valence-corrected chi connectivity index (χ1v) is 10.9. The van der Waals surface area contributed by atoms with Gasteiger partial charge in [-0.1, -0.05) is 30.0 Å². The summed E-state index contributed by atoms with van der Waals surface area (Å²) < 4.78 is 5.87. The van der Waals surface area contributed by atoms with Gasteiger partial charge in [-0.15, -0.1) is 0 Å². The maximum atomic E-state index is 13.0. The first-order valence-electron chi connectivity index (χ1n) is 10.0. The molecule has 4 aliphatic heterocycles. The summed E-state index contributed by atoms with van der Waals surface area (Å²) >= 11 is 1.05. The van der Waals surface area contributed by atoms with E-state index in [1.165, 1.54) is 11.1 Å². The van der Waals surface area contributed by atoms with Gasteiger partial charge in [-0.25, -0.2) is 9.59 Å². The summed E-state index contributed by atoms with van der Waals surface area (Å²) in [5.41, 5.74) is -1.43. The van der Waals surface area contributed by atoms with E-state index in [1.807, 2.05) is 6.07 Å². The second-order valence-electron chi connectivity index (χ2n) is 7.65. The molecule has 3 N–H and O–H groups in total. The minimum atomic E-state index is -1.43. The lowest BCUT2D eigenvalue weighted by Gasteiger charge is -2.44. The van der Waals surface area contributed by atoms with E-state index in [0.29, 0.717) is 17.7 Å². The smallest absolute Gasteiger partial charge is 0.352 e. The van der Waals surface area contributed by atoms with Gasteiger partial charge in [0, 0.05) is 18.8 Å². The maximum absolute atomic E-state index is 13.0. The molecule has 164 valence electrons. The molecule has 1 unspecified atom stereocenters. The molecule has 31 heavy (non-hydrogen) atoms. The van der Waals surface area contributed by atoms with Crippen LogP contribution in [0.1, 0.15) is 12.8 Å². The molecule has 1 aromatic rings. The van der Waals surface area contributed by atoms with Crippen molar-refractivity contribution in [3.8, 4) is 5.75 Å². The number of para-hydroxylation sites is 1. The van der Waals surface area contributed by atoms with Gasteiger partial charge in [0.25, 0.3) is 5.91 Å². The summed E-state index contributed by atoms with van der Waals surface area (Å²) in [6.45, 7) is 2.91. The summed E-state index contributed by atoms with van der Waals surface area (Å²) in [5.74, 6) is -2.24. The van der Waals surface area contributed by atoms with Crippen LogP contribution in [0.15, 0.2) is 53.2 Å². The highest BCUT2D eigenvalue weighted by Gasteiger charge is 2.39. The highest BCUT2D eigenvalue weighted by molar-refractivity contribution is 8.04. The third-order valence-electron chi connectivity index (χ3n) is 5.65. The van der Waals surface area contributed by atoms with Gasteiger partial charge < -0.3 is 25.2 Å². The van der Waals surface area contributed by atoms with Crippen molar-refractivity contribution in [2.45, 2.75) is 24.4 Å².